The second-order valence-electron chi connectivity index (χ2n) is 8.03. The summed E-state index contributed by atoms with van der Waals surface area (Å²) in [6.07, 6.45) is 3.70. The molecular formula is C25H30N2O4. The first kappa shape index (κ1) is 22.5. The van der Waals surface area contributed by atoms with E-state index in [2.05, 4.69) is 10.2 Å². The molecule has 31 heavy (non-hydrogen) atoms. The summed E-state index contributed by atoms with van der Waals surface area (Å²) >= 11 is 0. The highest BCUT2D eigenvalue weighted by Gasteiger charge is 2.14. The van der Waals surface area contributed by atoms with E-state index in [0.29, 0.717) is 11.3 Å². The van der Waals surface area contributed by atoms with Crippen molar-refractivity contribution in [1.82, 2.24) is 0 Å². The second kappa shape index (κ2) is 10.8. The average Bonchev–Trinajstić information content (AvgIpc) is 2.79. The largest absolute Gasteiger partial charge is 0.456 e. The highest BCUT2D eigenvalue weighted by molar-refractivity contribution is 5.98. The van der Waals surface area contributed by atoms with Crippen LogP contribution in [-0.4, -0.2) is 37.4 Å². The third-order valence-electron chi connectivity index (χ3n) is 5.62. The number of amides is 1. The van der Waals surface area contributed by atoms with E-state index >= 15 is 0 Å². The minimum atomic E-state index is -0.562. The molecule has 0 aliphatic carbocycles. The molecule has 0 spiro atoms. The van der Waals surface area contributed by atoms with Crippen molar-refractivity contribution in [3.05, 3.63) is 59.2 Å². The maximum absolute atomic E-state index is 12.2. The van der Waals surface area contributed by atoms with E-state index < -0.39 is 11.9 Å². The molecule has 1 fully saturated rings. The molecule has 6 nitrogen and oxygen atoms in total. The fourth-order valence-corrected chi connectivity index (χ4v) is 3.60. The van der Waals surface area contributed by atoms with Gasteiger partial charge in [0.05, 0.1) is 6.42 Å². The Bertz CT molecular complexity index is 931. The number of Topliss-reactive ketones (excluding diaryl/α,β-unsaturated/α-hetero) is 1. The Morgan fingerprint density at radius 3 is 2.29 bits per heavy atom. The van der Waals surface area contributed by atoms with Crippen molar-refractivity contribution in [2.24, 2.45) is 0 Å². The Hall–Kier alpha value is -3.15. The Morgan fingerprint density at radius 1 is 0.903 bits per heavy atom. The lowest BCUT2D eigenvalue weighted by Gasteiger charge is -2.28. The van der Waals surface area contributed by atoms with Gasteiger partial charge < -0.3 is 15.0 Å². The van der Waals surface area contributed by atoms with Crippen LogP contribution in [-0.2, 0) is 14.3 Å². The van der Waals surface area contributed by atoms with E-state index in [9.17, 15) is 14.4 Å². The standard InChI is InChI=1S/C25H30N2O4/c1-18-6-7-20(16-19(18)2)23(28)12-13-25(30)31-17-24(29)26-21-8-10-22(11-9-21)27-14-4-3-5-15-27/h6-11,16H,3-5,12-15,17H2,1-2H3,(H,26,29). The molecule has 0 unspecified atom stereocenters. The molecule has 6 heteroatoms. The smallest absolute Gasteiger partial charge is 0.306 e. The lowest BCUT2D eigenvalue weighted by atomic mass is 10.0. The molecule has 0 saturated carbocycles. The molecule has 2 aromatic rings. The third-order valence-corrected chi connectivity index (χ3v) is 5.62. The molecule has 1 amide bonds. The van der Waals surface area contributed by atoms with Crippen LogP contribution in [0, 0.1) is 13.8 Å². The van der Waals surface area contributed by atoms with Gasteiger partial charge in [-0.3, -0.25) is 14.4 Å². The van der Waals surface area contributed by atoms with Crippen molar-refractivity contribution in [2.45, 2.75) is 46.0 Å². The zero-order chi connectivity index (χ0) is 22.2. The fourth-order valence-electron chi connectivity index (χ4n) is 3.60. The van der Waals surface area contributed by atoms with Crippen molar-refractivity contribution in [3.63, 3.8) is 0 Å². The Morgan fingerprint density at radius 2 is 1.61 bits per heavy atom. The summed E-state index contributed by atoms with van der Waals surface area (Å²) < 4.78 is 5.01. The molecule has 2 aromatic carbocycles. The molecule has 1 N–H and O–H groups in total. The number of rotatable bonds is 8. The predicted octanol–water partition coefficient (Wildman–Crippen LogP) is 4.44. The molecule has 0 aromatic heterocycles. The lowest BCUT2D eigenvalue weighted by Crippen LogP contribution is -2.29. The van der Waals surface area contributed by atoms with Gasteiger partial charge in [0.15, 0.2) is 12.4 Å². The van der Waals surface area contributed by atoms with Gasteiger partial charge in [-0.1, -0.05) is 12.1 Å². The van der Waals surface area contributed by atoms with Crippen LogP contribution in [0.2, 0.25) is 0 Å². The second-order valence-corrected chi connectivity index (χ2v) is 8.03. The van der Waals surface area contributed by atoms with E-state index in [0.717, 1.165) is 29.9 Å². The number of nitrogens with zero attached hydrogens (tertiary/aromatic N) is 1. The van der Waals surface area contributed by atoms with Crippen LogP contribution in [0.3, 0.4) is 0 Å². The van der Waals surface area contributed by atoms with Crippen LogP contribution in [0.15, 0.2) is 42.5 Å². The average molecular weight is 423 g/mol. The van der Waals surface area contributed by atoms with E-state index in [1.54, 1.807) is 6.07 Å². The number of esters is 1. The number of ether oxygens (including phenoxy) is 1. The molecule has 1 aliphatic rings. The van der Waals surface area contributed by atoms with Gasteiger partial charge in [-0.2, -0.15) is 0 Å². The monoisotopic (exact) mass is 422 g/mol. The molecule has 1 heterocycles. The molecule has 0 bridgehead atoms. The number of carbonyl (C=O) groups is 3. The Kier molecular flexibility index (Phi) is 7.82. The van der Waals surface area contributed by atoms with Gasteiger partial charge in [0, 0.05) is 36.4 Å². The van der Waals surface area contributed by atoms with E-state index in [1.165, 1.54) is 19.3 Å². The van der Waals surface area contributed by atoms with Crippen molar-refractivity contribution < 1.29 is 19.1 Å². The van der Waals surface area contributed by atoms with Crippen LogP contribution in [0.25, 0.3) is 0 Å². The first-order chi connectivity index (χ1) is 14.9. The van der Waals surface area contributed by atoms with E-state index in [-0.39, 0.29) is 25.2 Å². The summed E-state index contributed by atoms with van der Waals surface area (Å²) in [5, 5.41) is 2.73. The van der Waals surface area contributed by atoms with Crippen LogP contribution in [0.5, 0.6) is 0 Å². The summed E-state index contributed by atoms with van der Waals surface area (Å²) in [6, 6.07) is 13.2. The highest BCUT2D eigenvalue weighted by atomic mass is 16.5. The Labute approximate surface area is 183 Å². The van der Waals surface area contributed by atoms with Crippen LogP contribution < -0.4 is 10.2 Å². The molecular weight excluding hydrogens is 392 g/mol. The number of hydrogen-bond acceptors (Lipinski definition) is 5. The van der Waals surface area contributed by atoms with Gasteiger partial charge in [-0.25, -0.2) is 0 Å². The summed E-state index contributed by atoms with van der Waals surface area (Å²) in [7, 11) is 0. The van der Waals surface area contributed by atoms with Crippen LogP contribution in [0.1, 0.15) is 53.6 Å². The zero-order valence-corrected chi connectivity index (χ0v) is 18.3. The van der Waals surface area contributed by atoms with E-state index in [4.69, 9.17) is 4.74 Å². The quantitative estimate of drug-likeness (QED) is 0.503. The Balaban J connectivity index is 1.39. The number of carbonyl (C=O) groups excluding carboxylic acids is 3. The fraction of sp³-hybridized carbons (Fsp3) is 0.400. The van der Waals surface area contributed by atoms with Crippen molar-refractivity contribution in [1.29, 1.82) is 0 Å². The maximum atomic E-state index is 12.2. The summed E-state index contributed by atoms with van der Waals surface area (Å²) in [5.41, 5.74) is 4.54. The van der Waals surface area contributed by atoms with Gasteiger partial charge in [0.2, 0.25) is 0 Å². The number of hydrogen-bond donors (Lipinski definition) is 1. The summed E-state index contributed by atoms with van der Waals surface area (Å²) in [5.74, 6) is -1.08. The summed E-state index contributed by atoms with van der Waals surface area (Å²) in [4.78, 5) is 38.6. The minimum absolute atomic E-state index is 0.0520. The third kappa shape index (κ3) is 6.67. The van der Waals surface area contributed by atoms with Gasteiger partial charge >= 0.3 is 5.97 Å². The number of nitrogens with one attached hydrogen (secondary N) is 1. The number of piperidine rings is 1. The highest BCUT2D eigenvalue weighted by Crippen LogP contribution is 2.21. The van der Waals surface area contributed by atoms with Crippen LogP contribution >= 0.6 is 0 Å². The predicted molar refractivity (Wildman–Crippen MR) is 122 cm³/mol. The van der Waals surface area contributed by atoms with E-state index in [1.807, 2.05) is 50.2 Å². The van der Waals surface area contributed by atoms with Gasteiger partial charge in [-0.05, 0) is 74.6 Å². The molecule has 0 radical (unpaired) electrons. The first-order valence-electron chi connectivity index (χ1n) is 10.8. The maximum Gasteiger partial charge on any atom is 0.306 e. The van der Waals surface area contributed by atoms with Crippen LogP contribution in [0.4, 0.5) is 11.4 Å². The lowest BCUT2D eigenvalue weighted by molar-refractivity contribution is -0.147. The van der Waals surface area contributed by atoms with Crippen molar-refractivity contribution >= 4 is 29.0 Å². The minimum Gasteiger partial charge on any atom is -0.456 e. The summed E-state index contributed by atoms with van der Waals surface area (Å²) in [6.45, 7) is 5.68. The molecule has 0 atom stereocenters. The van der Waals surface area contributed by atoms with Crippen molar-refractivity contribution in [2.75, 3.05) is 29.9 Å². The SMILES string of the molecule is Cc1ccc(C(=O)CCC(=O)OCC(=O)Nc2ccc(N3CCCCC3)cc2)cc1C. The van der Waals surface area contributed by atoms with Gasteiger partial charge in [0.1, 0.15) is 0 Å². The number of ketones is 1. The first-order valence-corrected chi connectivity index (χ1v) is 10.8. The molecule has 3 rings (SSSR count). The molecule has 1 saturated heterocycles. The number of aryl methyl sites for hydroxylation is 2. The number of anilines is 2. The van der Waals surface area contributed by atoms with Gasteiger partial charge in [-0.15, -0.1) is 0 Å². The normalized spacial score (nSPS) is 13.5. The van der Waals surface area contributed by atoms with Gasteiger partial charge in [0.25, 0.3) is 5.91 Å². The zero-order valence-electron chi connectivity index (χ0n) is 18.3. The molecule has 164 valence electrons. The topological polar surface area (TPSA) is 75.7 Å². The number of benzene rings is 2. The van der Waals surface area contributed by atoms with Crippen molar-refractivity contribution in [3.8, 4) is 0 Å². The molecule has 1 aliphatic heterocycles.